The quantitative estimate of drug-likeness (QED) is 0.726. The van der Waals surface area contributed by atoms with Crippen LogP contribution in [0.2, 0.25) is 0 Å². The normalized spacial score (nSPS) is 14.6. The summed E-state index contributed by atoms with van der Waals surface area (Å²) < 4.78 is 0. The van der Waals surface area contributed by atoms with E-state index in [1.54, 1.807) is 43.5 Å². The molecule has 0 fully saturated rings. The lowest BCUT2D eigenvalue weighted by atomic mass is 9.85. The first-order chi connectivity index (χ1) is 14.2. The standard InChI is InChI=1S/C23H23N5O2/c1-13-18(21(29)24-5)9-17(12-25-13)28-20-8-15(16-10-26-14(2)27-11-16)6-7-19(20)23(3,4)22(28)30/h6-12H,1-5H3,(H,24,29). The maximum absolute atomic E-state index is 13.4. The summed E-state index contributed by atoms with van der Waals surface area (Å²) in [7, 11) is 1.57. The minimum atomic E-state index is -0.699. The van der Waals surface area contributed by atoms with Crippen LogP contribution in [-0.2, 0) is 10.2 Å². The Morgan fingerprint density at radius 3 is 2.37 bits per heavy atom. The highest BCUT2D eigenvalue weighted by molar-refractivity contribution is 6.13. The monoisotopic (exact) mass is 401 g/mol. The van der Waals surface area contributed by atoms with E-state index in [4.69, 9.17) is 0 Å². The van der Waals surface area contributed by atoms with E-state index in [0.29, 0.717) is 22.8 Å². The summed E-state index contributed by atoms with van der Waals surface area (Å²) in [5.41, 5.74) is 4.39. The zero-order chi connectivity index (χ0) is 21.6. The Hall–Kier alpha value is -3.61. The van der Waals surface area contributed by atoms with E-state index in [-0.39, 0.29) is 11.8 Å². The number of amides is 2. The highest BCUT2D eigenvalue weighted by Crippen LogP contribution is 2.46. The lowest BCUT2D eigenvalue weighted by Gasteiger charge is -2.21. The van der Waals surface area contributed by atoms with E-state index in [2.05, 4.69) is 20.3 Å². The van der Waals surface area contributed by atoms with Gasteiger partial charge in [-0.2, -0.15) is 0 Å². The smallest absolute Gasteiger partial charge is 0.252 e. The minimum Gasteiger partial charge on any atom is -0.355 e. The summed E-state index contributed by atoms with van der Waals surface area (Å²) in [5, 5.41) is 2.63. The van der Waals surface area contributed by atoms with Crippen molar-refractivity contribution in [2.45, 2.75) is 33.1 Å². The van der Waals surface area contributed by atoms with Crippen molar-refractivity contribution in [2.75, 3.05) is 11.9 Å². The van der Waals surface area contributed by atoms with Crippen molar-refractivity contribution in [3.05, 3.63) is 65.5 Å². The molecule has 4 rings (SSSR count). The molecular weight excluding hydrogens is 378 g/mol. The molecule has 7 heteroatoms. The van der Waals surface area contributed by atoms with Gasteiger partial charge in [0.2, 0.25) is 5.91 Å². The van der Waals surface area contributed by atoms with Crippen LogP contribution in [0.5, 0.6) is 0 Å². The fourth-order valence-electron chi connectivity index (χ4n) is 3.74. The molecule has 0 saturated heterocycles. The number of nitrogens with one attached hydrogen (secondary N) is 1. The first-order valence-electron chi connectivity index (χ1n) is 9.71. The number of benzene rings is 1. The molecule has 2 aromatic heterocycles. The number of hydrogen-bond acceptors (Lipinski definition) is 5. The molecule has 0 bridgehead atoms. The summed E-state index contributed by atoms with van der Waals surface area (Å²) in [6, 6.07) is 7.64. The van der Waals surface area contributed by atoms with Crippen LogP contribution in [0, 0.1) is 13.8 Å². The predicted molar refractivity (Wildman–Crippen MR) is 115 cm³/mol. The number of anilines is 2. The highest BCUT2D eigenvalue weighted by atomic mass is 16.2. The molecule has 0 saturated carbocycles. The largest absolute Gasteiger partial charge is 0.355 e. The van der Waals surface area contributed by atoms with Gasteiger partial charge in [0.25, 0.3) is 5.91 Å². The molecule has 30 heavy (non-hydrogen) atoms. The number of carbonyl (C=O) groups is 2. The number of aryl methyl sites for hydroxylation is 2. The van der Waals surface area contributed by atoms with Crippen molar-refractivity contribution >= 4 is 23.2 Å². The Kier molecular flexibility index (Phi) is 4.61. The molecular formula is C23H23N5O2. The number of carbonyl (C=O) groups excluding carboxylic acids is 2. The van der Waals surface area contributed by atoms with Crippen molar-refractivity contribution in [3.8, 4) is 11.1 Å². The van der Waals surface area contributed by atoms with Crippen LogP contribution in [-0.4, -0.2) is 33.8 Å². The molecule has 3 aromatic rings. The molecule has 2 amide bonds. The lowest BCUT2D eigenvalue weighted by molar-refractivity contribution is -0.121. The van der Waals surface area contributed by atoms with Gasteiger partial charge < -0.3 is 5.32 Å². The van der Waals surface area contributed by atoms with Gasteiger partial charge in [0.05, 0.1) is 34.2 Å². The van der Waals surface area contributed by atoms with Crippen LogP contribution >= 0.6 is 0 Å². The van der Waals surface area contributed by atoms with Gasteiger partial charge in [-0.15, -0.1) is 0 Å². The molecule has 1 aliphatic heterocycles. The van der Waals surface area contributed by atoms with E-state index >= 15 is 0 Å². The Bertz CT molecular complexity index is 1170. The van der Waals surface area contributed by atoms with Gasteiger partial charge in [-0.25, -0.2) is 9.97 Å². The van der Waals surface area contributed by atoms with Crippen LogP contribution in [0.4, 0.5) is 11.4 Å². The third-order valence-electron chi connectivity index (χ3n) is 5.57. The van der Waals surface area contributed by atoms with Gasteiger partial charge in [0.1, 0.15) is 5.82 Å². The van der Waals surface area contributed by atoms with Gasteiger partial charge in [-0.3, -0.25) is 19.5 Å². The Balaban J connectivity index is 1.87. The van der Waals surface area contributed by atoms with Crippen molar-refractivity contribution in [1.82, 2.24) is 20.3 Å². The maximum Gasteiger partial charge on any atom is 0.252 e. The van der Waals surface area contributed by atoms with Gasteiger partial charge in [0, 0.05) is 25.0 Å². The molecule has 1 aliphatic rings. The SMILES string of the molecule is CNC(=O)c1cc(N2C(=O)C(C)(C)c3ccc(-c4cnc(C)nc4)cc32)cnc1C. The van der Waals surface area contributed by atoms with Crippen LogP contribution in [0.25, 0.3) is 11.1 Å². The summed E-state index contributed by atoms with van der Waals surface area (Å²) in [5.74, 6) is 0.396. The summed E-state index contributed by atoms with van der Waals surface area (Å²) in [4.78, 5) is 40.2. The Labute approximate surface area is 175 Å². The number of fused-ring (bicyclic) bond motifs is 1. The average Bonchev–Trinajstić information content (AvgIpc) is 2.94. The molecule has 152 valence electrons. The van der Waals surface area contributed by atoms with E-state index in [1.165, 1.54) is 0 Å². The summed E-state index contributed by atoms with van der Waals surface area (Å²) in [6.07, 6.45) is 5.17. The van der Waals surface area contributed by atoms with E-state index in [1.807, 2.05) is 39.0 Å². The van der Waals surface area contributed by atoms with E-state index in [9.17, 15) is 9.59 Å². The topological polar surface area (TPSA) is 88.1 Å². The molecule has 0 atom stereocenters. The Morgan fingerprint density at radius 1 is 1.00 bits per heavy atom. The molecule has 1 N–H and O–H groups in total. The number of nitrogens with zero attached hydrogens (tertiary/aromatic N) is 4. The third kappa shape index (κ3) is 3.03. The Morgan fingerprint density at radius 2 is 1.70 bits per heavy atom. The molecule has 0 unspecified atom stereocenters. The second-order valence-electron chi connectivity index (χ2n) is 7.92. The van der Waals surface area contributed by atoms with Gasteiger partial charge in [0.15, 0.2) is 0 Å². The van der Waals surface area contributed by atoms with Crippen molar-refractivity contribution in [3.63, 3.8) is 0 Å². The van der Waals surface area contributed by atoms with Gasteiger partial charge in [-0.1, -0.05) is 12.1 Å². The first-order valence-corrected chi connectivity index (χ1v) is 9.71. The number of rotatable bonds is 3. The van der Waals surface area contributed by atoms with Crippen molar-refractivity contribution in [1.29, 1.82) is 0 Å². The number of pyridine rings is 1. The van der Waals surface area contributed by atoms with Crippen LogP contribution in [0.1, 0.15) is 41.3 Å². The summed E-state index contributed by atoms with van der Waals surface area (Å²) >= 11 is 0. The first kappa shape index (κ1) is 19.7. The van der Waals surface area contributed by atoms with Crippen LogP contribution < -0.4 is 10.2 Å². The van der Waals surface area contributed by atoms with Crippen molar-refractivity contribution in [2.24, 2.45) is 0 Å². The number of hydrogen-bond donors (Lipinski definition) is 1. The van der Waals surface area contributed by atoms with Gasteiger partial charge in [-0.05, 0) is 51.0 Å². The maximum atomic E-state index is 13.4. The second kappa shape index (κ2) is 7.02. The van der Waals surface area contributed by atoms with E-state index in [0.717, 1.165) is 22.4 Å². The minimum absolute atomic E-state index is 0.0664. The molecule has 3 heterocycles. The van der Waals surface area contributed by atoms with Crippen molar-refractivity contribution < 1.29 is 9.59 Å². The fourth-order valence-corrected chi connectivity index (χ4v) is 3.74. The van der Waals surface area contributed by atoms with E-state index < -0.39 is 5.41 Å². The molecule has 1 aromatic carbocycles. The third-order valence-corrected chi connectivity index (χ3v) is 5.57. The average molecular weight is 401 g/mol. The zero-order valence-electron chi connectivity index (χ0n) is 17.6. The van der Waals surface area contributed by atoms with Gasteiger partial charge >= 0.3 is 0 Å². The predicted octanol–water partition coefficient (Wildman–Crippen LogP) is 3.47. The molecule has 0 aliphatic carbocycles. The number of aromatic nitrogens is 3. The highest BCUT2D eigenvalue weighted by Gasteiger charge is 2.45. The molecule has 0 spiro atoms. The molecule has 7 nitrogen and oxygen atoms in total. The fraction of sp³-hybridized carbons (Fsp3) is 0.261. The van der Waals surface area contributed by atoms with Crippen LogP contribution in [0.3, 0.4) is 0 Å². The van der Waals surface area contributed by atoms with Crippen LogP contribution in [0.15, 0.2) is 42.9 Å². The molecule has 0 radical (unpaired) electrons. The lowest BCUT2D eigenvalue weighted by Crippen LogP contribution is -2.33. The summed E-state index contributed by atoms with van der Waals surface area (Å²) in [6.45, 7) is 7.42. The zero-order valence-corrected chi connectivity index (χ0v) is 17.6. The second-order valence-corrected chi connectivity index (χ2v) is 7.92.